The van der Waals surface area contributed by atoms with Gasteiger partial charge in [-0.15, -0.1) is 4.99 Å². The Morgan fingerprint density at radius 1 is 1.75 bits per heavy atom. The molecule has 0 aromatic carbocycles. The number of nitrogens with zero attached hydrogens (tertiary/aromatic N) is 2. The second-order valence-corrected chi connectivity index (χ2v) is 2.31. The van der Waals surface area contributed by atoms with Gasteiger partial charge in [0.2, 0.25) is 12.2 Å². The zero-order chi connectivity index (χ0) is 9.40. The zero-order valence-corrected chi connectivity index (χ0v) is 7.59. The van der Waals surface area contributed by atoms with Crippen LogP contribution in [0.4, 0.5) is 0 Å². The molecule has 0 amide bonds. The van der Waals surface area contributed by atoms with Gasteiger partial charge in [0.05, 0.1) is 6.61 Å². The molecule has 5 nitrogen and oxygen atoms in total. The molecule has 0 bridgehead atoms. The first-order chi connectivity index (χ1) is 5.74. The summed E-state index contributed by atoms with van der Waals surface area (Å²) in [6, 6.07) is 0.134. The monoisotopic (exact) mass is 170 g/mol. The van der Waals surface area contributed by atoms with Gasteiger partial charge in [-0.05, 0) is 6.92 Å². The average molecular weight is 170 g/mol. The molecule has 0 radical (unpaired) electrons. The SMILES string of the molecule is CN/C(=N\C#N)NC(C)COC. The van der Waals surface area contributed by atoms with Crippen molar-refractivity contribution in [1.82, 2.24) is 10.6 Å². The highest BCUT2D eigenvalue weighted by Gasteiger charge is 2.02. The number of guanidine groups is 1. The zero-order valence-electron chi connectivity index (χ0n) is 7.59. The van der Waals surface area contributed by atoms with Crippen LogP contribution in [-0.2, 0) is 4.74 Å². The Bertz CT molecular complexity index is 184. The summed E-state index contributed by atoms with van der Waals surface area (Å²) in [6.07, 6.45) is 1.69. The minimum absolute atomic E-state index is 0.134. The van der Waals surface area contributed by atoms with Crippen LogP contribution in [0.5, 0.6) is 0 Å². The molecule has 0 rings (SSSR count). The predicted molar refractivity (Wildman–Crippen MR) is 46.6 cm³/mol. The average Bonchev–Trinajstić information content (AvgIpc) is 2.04. The van der Waals surface area contributed by atoms with Gasteiger partial charge in [0.15, 0.2) is 0 Å². The first-order valence-electron chi connectivity index (χ1n) is 3.64. The highest BCUT2D eigenvalue weighted by atomic mass is 16.5. The highest BCUT2D eigenvalue weighted by molar-refractivity contribution is 5.80. The molecule has 0 aliphatic heterocycles. The van der Waals surface area contributed by atoms with E-state index in [1.807, 2.05) is 6.92 Å². The molecule has 0 spiro atoms. The maximum atomic E-state index is 8.26. The summed E-state index contributed by atoms with van der Waals surface area (Å²) in [5.74, 6) is 0.460. The summed E-state index contributed by atoms with van der Waals surface area (Å²) in [4.78, 5) is 3.51. The Morgan fingerprint density at radius 3 is 2.83 bits per heavy atom. The van der Waals surface area contributed by atoms with Gasteiger partial charge >= 0.3 is 0 Å². The molecule has 0 aliphatic carbocycles. The molecule has 0 saturated heterocycles. The lowest BCUT2D eigenvalue weighted by molar-refractivity contribution is 0.179. The van der Waals surface area contributed by atoms with E-state index in [0.717, 1.165) is 0 Å². The molecule has 0 aliphatic rings. The van der Waals surface area contributed by atoms with Crippen LogP contribution in [0, 0.1) is 11.5 Å². The molecule has 0 heterocycles. The summed E-state index contributed by atoms with van der Waals surface area (Å²) in [5, 5.41) is 14.0. The second-order valence-electron chi connectivity index (χ2n) is 2.31. The van der Waals surface area contributed by atoms with Gasteiger partial charge in [0, 0.05) is 20.2 Å². The van der Waals surface area contributed by atoms with Crippen molar-refractivity contribution < 1.29 is 4.74 Å². The van der Waals surface area contributed by atoms with Gasteiger partial charge < -0.3 is 15.4 Å². The smallest absolute Gasteiger partial charge is 0.209 e. The van der Waals surface area contributed by atoms with Crippen molar-refractivity contribution in [2.24, 2.45) is 4.99 Å². The first-order valence-corrected chi connectivity index (χ1v) is 3.64. The Balaban J connectivity index is 3.87. The fraction of sp³-hybridized carbons (Fsp3) is 0.714. The molecule has 0 fully saturated rings. The predicted octanol–water partition coefficient (Wildman–Crippen LogP) is -0.333. The van der Waals surface area contributed by atoms with Crippen LogP contribution in [-0.4, -0.2) is 32.8 Å². The Labute approximate surface area is 72.4 Å². The van der Waals surface area contributed by atoms with Crippen molar-refractivity contribution in [3.63, 3.8) is 0 Å². The molecule has 0 saturated carbocycles. The summed E-state index contributed by atoms with van der Waals surface area (Å²) in [5.41, 5.74) is 0. The van der Waals surface area contributed by atoms with Crippen LogP contribution in [0.15, 0.2) is 4.99 Å². The van der Waals surface area contributed by atoms with E-state index >= 15 is 0 Å². The molecular weight excluding hydrogens is 156 g/mol. The molecule has 2 N–H and O–H groups in total. The number of methoxy groups -OCH3 is 1. The Morgan fingerprint density at radius 2 is 2.42 bits per heavy atom. The third-order valence-electron chi connectivity index (χ3n) is 1.20. The van der Waals surface area contributed by atoms with Crippen molar-refractivity contribution in [3.05, 3.63) is 0 Å². The third kappa shape index (κ3) is 4.52. The minimum atomic E-state index is 0.134. The summed E-state index contributed by atoms with van der Waals surface area (Å²) >= 11 is 0. The lowest BCUT2D eigenvalue weighted by atomic mass is 10.4. The number of hydrogen-bond acceptors (Lipinski definition) is 3. The van der Waals surface area contributed by atoms with E-state index in [2.05, 4.69) is 15.6 Å². The van der Waals surface area contributed by atoms with E-state index in [1.54, 1.807) is 20.4 Å². The molecule has 5 heteroatoms. The Kier molecular flexibility index (Phi) is 5.75. The van der Waals surface area contributed by atoms with E-state index in [9.17, 15) is 0 Å². The third-order valence-corrected chi connectivity index (χ3v) is 1.20. The molecule has 0 aromatic rings. The maximum Gasteiger partial charge on any atom is 0.209 e. The van der Waals surface area contributed by atoms with Crippen molar-refractivity contribution >= 4 is 5.96 Å². The maximum absolute atomic E-state index is 8.26. The van der Waals surface area contributed by atoms with Gasteiger partial charge in [-0.3, -0.25) is 0 Å². The summed E-state index contributed by atoms with van der Waals surface area (Å²) in [7, 11) is 3.32. The molecule has 68 valence electrons. The minimum Gasteiger partial charge on any atom is -0.383 e. The van der Waals surface area contributed by atoms with E-state index in [1.165, 1.54) is 0 Å². The number of hydrogen-bond donors (Lipinski definition) is 2. The van der Waals surface area contributed by atoms with Crippen molar-refractivity contribution in [2.45, 2.75) is 13.0 Å². The van der Waals surface area contributed by atoms with Gasteiger partial charge in [-0.1, -0.05) is 0 Å². The van der Waals surface area contributed by atoms with E-state index in [4.69, 9.17) is 10.00 Å². The van der Waals surface area contributed by atoms with Crippen LogP contribution < -0.4 is 10.6 Å². The van der Waals surface area contributed by atoms with Gasteiger partial charge in [0.25, 0.3) is 0 Å². The molecule has 1 unspecified atom stereocenters. The van der Waals surface area contributed by atoms with Crippen LogP contribution in [0.2, 0.25) is 0 Å². The quantitative estimate of drug-likeness (QED) is 0.345. The van der Waals surface area contributed by atoms with Crippen LogP contribution >= 0.6 is 0 Å². The topological polar surface area (TPSA) is 69.4 Å². The second kappa shape index (κ2) is 6.43. The standard InChI is InChI=1S/C7H14N4O/c1-6(4-12-3)11-7(9-2)10-5-8/h6H,4H2,1-3H3,(H2,9,10,11). The van der Waals surface area contributed by atoms with E-state index in [0.29, 0.717) is 12.6 Å². The number of nitrogens with one attached hydrogen (secondary N) is 2. The van der Waals surface area contributed by atoms with Crippen LogP contribution in [0.25, 0.3) is 0 Å². The summed E-state index contributed by atoms with van der Waals surface area (Å²) < 4.78 is 4.90. The number of nitriles is 1. The largest absolute Gasteiger partial charge is 0.383 e. The number of rotatable bonds is 3. The molecule has 1 atom stereocenters. The highest BCUT2D eigenvalue weighted by Crippen LogP contribution is 1.81. The van der Waals surface area contributed by atoms with Crippen molar-refractivity contribution in [3.8, 4) is 6.19 Å². The van der Waals surface area contributed by atoms with Crippen molar-refractivity contribution in [1.29, 1.82) is 5.26 Å². The van der Waals surface area contributed by atoms with E-state index in [-0.39, 0.29) is 6.04 Å². The molecule has 12 heavy (non-hydrogen) atoms. The fourth-order valence-corrected chi connectivity index (χ4v) is 0.735. The van der Waals surface area contributed by atoms with Gasteiger partial charge in [-0.25, -0.2) is 0 Å². The van der Waals surface area contributed by atoms with Crippen LogP contribution in [0.3, 0.4) is 0 Å². The van der Waals surface area contributed by atoms with Crippen LogP contribution in [0.1, 0.15) is 6.92 Å². The first kappa shape index (κ1) is 10.7. The Hall–Kier alpha value is -1.28. The van der Waals surface area contributed by atoms with E-state index < -0.39 is 0 Å². The van der Waals surface area contributed by atoms with Crippen molar-refractivity contribution in [2.75, 3.05) is 20.8 Å². The molecular formula is C7H14N4O. The normalized spacial score (nSPS) is 13.3. The lowest BCUT2D eigenvalue weighted by Crippen LogP contribution is -2.42. The summed E-state index contributed by atoms with van der Waals surface area (Å²) in [6.45, 7) is 2.51. The fourth-order valence-electron chi connectivity index (χ4n) is 0.735. The number of ether oxygens (including phenoxy) is 1. The lowest BCUT2D eigenvalue weighted by Gasteiger charge is -2.14. The van der Waals surface area contributed by atoms with Gasteiger partial charge in [0.1, 0.15) is 0 Å². The molecule has 0 aromatic heterocycles. The van der Waals surface area contributed by atoms with Gasteiger partial charge in [-0.2, -0.15) is 5.26 Å². The number of aliphatic imine (C=N–C) groups is 1.